The second-order valence-corrected chi connectivity index (χ2v) is 4.60. The summed E-state index contributed by atoms with van der Waals surface area (Å²) >= 11 is 1.34. The van der Waals surface area contributed by atoms with Crippen LogP contribution in [0.25, 0.3) is 0 Å². The number of hydrogen-bond donors (Lipinski definition) is 0. The van der Waals surface area contributed by atoms with Gasteiger partial charge in [-0.05, 0) is 13.8 Å². The summed E-state index contributed by atoms with van der Waals surface area (Å²) in [6, 6.07) is 0. The highest BCUT2D eigenvalue weighted by Crippen LogP contribution is 2.28. The standard InChI is InChI=1S/C9H14O4S/c1-5(2)12-9(11)13-8-7(10)6(3)4-14-8/h5-6,8H,4H2,1-3H3. The molecule has 1 fully saturated rings. The fourth-order valence-electron chi connectivity index (χ4n) is 1.03. The van der Waals surface area contributed by atoms with Crippen LogP contribution in [0.4, 0.5) is 4.79 Å². The van der Waals surface area contributed by atoms with Gasteiger partial charge in [0, 0.05) is 11.7 Å². The van der Waals surface area contributed by atoms with Gasteiger partial charge in [-0.2, -0.15) is 0 Å². The molecule has 0 saturated carbocycles. The molecular formula is C9H14O4S. The van der Waals surface area contributed by atoms with Crippen molar-refractivity contribution in [3.8, 4) is 0 Å². The zero-order valence-electron chi connectivity index (χ0n) is 8.48. The van der Waals surface area contributed by atoms with Gasteiger partial charge in [0.1, 0.15) is 0 Å². The van der Waals surface area contributed by atoms with E-state index in [0.717, 1.165) is 0 Å². The molecule has 2 unspecified atom stereocenters. The Hall–Kier alpha value is -0.710. The second-order valence-electron chi connectivity index (χ2n) is 3.50. The van der Waals surface area contributed by atoms with Crippen LogP contribution in [0, 0.1) is 5.92 Å². The molecular weight excluding hydrogens is 204 g/mol. The van der Waals surface area contributed by atoms with Crippen LogP contribution in [0.15, 0.2) is 0 Å². The molecule has 2 atom stereocenters. The first-order valence-electron chi connectivity index (χ1n) is 4.53. The number of carbonyl (C=O) groups excluding carboxylic acids is 2. The van der Waals surface area contributed by atoms with Crippen molar-refractivity contribution in [2.45, 2.75) is 32.3 Å². The van der Waals surface area contributed by atoms with Crippen LogP contribution in [0.5, 0.6) is 0 Å². The van der Waals surface area contributed by atoms with Crippen molar-refractivity contribution in [1.82, 2.24) is 0 Å². The highest BCUT2D eigenvalue weighted by molar-refractivity contribution is 8.01. The molecule has 1 aliphatic rings. The van der Waals surface area contributed by atoms with Crippen molar-refractivity contribution < 1.29 is 19.1 Å². The molecule has 0 radical (unpaired) electrons. The lowest BCUT2D eigenvalue weighted by molar-refractivity contribution is -0.126. The number of hydrogen-bond acceptors (Lipinski definition) is 5. The van der Waals surface area contributed by atoms with Crippen LogP contribution in [0.1, 0.15) is 20.8 Å². The van der Waals surface area contributed by atoms with E-state index >= 15 is 0 Å². The molecule has 0 N–H and O–H groups in total. The molecule has 0 amide bonds. The molecule has 5 heteroatoms. The van der Waals surface area contributed by atoms with Crippen LogP contribution in [-0.4, -0.2) is 29.2 Å². The molecule has 1 saturated heterocycles. The number of ketones is 1. The Balaban J connectivity index is 2.38. The van der Waals surface area contributed by atoms with E-state index in [1.54, 1.807) is 13.8 Å². The van der Waals surface area contributed by atoms with E-state index in [1.165, 1.54) is 11.8 Å². The summed E-state index contributed by atoms with van der Waals surface area (Å²) < 4.78 is 9.63. The van der Waals surface area contributed by atoms with E-state index < -0.39 is 11.6 Å². The lowest BCUT2D eigenvalue weighted by Crippen LogP contribution is -2.24. The number of rotatable bonds is 2. The largest absolute Gasteiger partial charge is 0.510 e. The number of carbonyl (C=O) groups is 2. The van der Waals surface area contributed by atoms with E-state index in [9.17, 15) is 9.59 Å². The molecule has 14 heavy (non-hydrogen) atoms. The van der Waals surface area contributed by atoms with Crippen molar-refractivity contribution in [2.75, 3.05) is 5.75 Å². The average Bonchev–Trinajstić information content (AvgIpc) is 2.34. The maximum atomic E-state index is 11.4. The molecule has 0 spiro atoms. The Morgan fingerprint density at radius 3 is 2.64 bits per heavy atom. The van der Waals surface area contributed by atoms with E-state index in [4.69, 9.17) is 9.47 Å². The zero-order valence-corrected chi connectivity index (χ0v) is 9.30. The van der Waals surface area contributed by atoms with Crippen LogP contribution in [0.2, 0.25) is 0 Å². The normalized spacial score (nSPS) is 26.7. The van der Waals surface area contributed by atoms with Gasteiger partial charge in [0.05, 0.1) is 6.10 Å². The lowest BCUT2D eigenvalue weighted by atomic mass is 10.1. The Morgan fingerprint density at radius 1 is 1.57 bits per heavy atom. The van der Waals surface area contributed by atoms with Crippen molar-refractivity contribution in [1.29, 1.82) is 0 Å². The zero-order chi connectivity index (χ0) is 10.7. The van der Waals surface area contributed by atoms with E-state index in [1.807, 2.05) is 6.92 Å². The SMILES string of the molecule is CC(C)OC(=O)OC1SCC(C)C1=O. The maximum Gasteiger partial charge on any atom is 0.510 e. The van der Waals surface area contributed by atoms with Gasteiger partial charge in [0.15, 0.2) is 5.78 Å². The minimum absolute atomic E-state index is 0.0307. The topological polar surface area (TPSA) is 52.6 Å². The Bertz CT molecular complexity index is 239. The highest BCUT2D eigenvalue weighted by Gasteiger charge is 2.35. The molecule has 0 aliphatic carbocycles. The van der Waals surface area contributed by atoms with Crippen LogP contribution in [0.3, 0.4) is 0 Å². The summed E-state index contributed by atoms with van der Waals surface area (Å²) in [4.78, 5) is 22.4. The first-order valence-corrected chi connectivity index (χ1v) is 5.58. The first-order chi connectivity index (χ1) is 6.50. The molecule has 0 bridgehead atoms. The van der Waals surface area contributed by atoms with Gasteiger partial charge >= 0.3 is 6.16 Å². The summed E-state index contributed by atoms with van der Waals surface area (Å²) in [6.45, 7) is 5.29. The molecule has 0 aromatic rings. The van der Waals surface area contributed by atoms with Gasteiger partial charge in [0.2, 0.25) is 5.44 Å². The van der Waals surface area contributed by atoms with E-state index in [2.05, 4.69) is 0 Å². The van der Waals surface area contributed by atoms with Gasteiger partial charge in [-0.1, -0.05) is 6.92 Å². The van der Waals surface area contributed by atoms with Crippen LogP contribution in [-0.2, 0) is 14.3 Å². The Morgan fingerprint density at radius 2 is 2.21 bits per heavy atom. The number of ether oxygens (including phenoxy) is 2. The molecule has 0 aromatic heterocycles. The lowest BCUT2D eigenvalue weighted by Gasteiger charge is -2.11. The number of thioether (sulfide) groups is 1. The highest BCUT2D eigenvalue weighted by atomic mass is 32.2. The summed E-state index contributed by atoms with van der Waals surface area (Å²) in [5.74, 6) is 0.644. The monoisotopic (exact) mass is 218 g/mol. The summed E-state index contributed by atoms with van der Waals surface area (Å²) in [5, 5.41) is 0. The van der Waals surface area contributed by atoms with Gasteiger partial charge in [-0.3, -0.25) is 4.79 Å². The molecule has 1 aliphatic heterocycles. The quantitative estimate of drug-likeness (QED) is 0.662. The minimum Gasteiger partial charge on any atom is -0.432 e. The smallest absolute Gasteiger partial charge is 0.432 e. The number of Topliss-reactive ketones (excluding diaryl/α,β-unsaturated/α-hetero) is 1. The van der Waals surface area contributed by atoms with Crippen molar-refractivity contribution in [3.05, 3.63) is 0 Å². The van der Waals surface area contributed by atoms with Gasteiger partial charge in [-0.15, -0.1) is 11.8 Å². The van der Waals surface area contributed by atoms with Crippen molar-refractivity contribution >= 4 is 23.7 Å². The minimum atomic E-state index is -0.764. The van der Waals surface area contributed by atoms with Gasteiger partial charge in [0.25, 0.3) is 0 Å². The second kappa shape index (κ2) is 4.68. The summed E-state index contributed by atoms with van der Waals surface area (Å²) in [6.07, 6.45) is -0.985. The molecule has 0 aromatic carbocycles. The third-order valence-corrected chi connectivity index (χ3v) is 3.07. The van der Waals surface area contributed by atoms with E-state index in [0.29, 0.717) is 5.75 Å². The fraction of sp³-hybridized carbons (Fsp3) is 0.778. The Labute approximate surface area is 87.3 Å². The van der Waals surface area contributed by atoms with E-state index in [-0.39, 0.29) is 17.8 Å². The predicted octanol–water partition coefficient (Wildman–Crippen LogP) is 1.83. The van der Waals surface area contributed by atoms with Crippen LogP contribution >= 0.6 is 11.8 Å². The molecule has 1 rings (SSSR count). The first kappa shape index (κ1) is 11.4. The molecule has 4 nitrogen and oxygen atoms in total. The summed E-state index contributed by atoms with van der Waals surface area (Å²) in [5.41, 5.74) is -0.670. The van der Waals surface area contributed by atoms with Gasteiger partial charge in [-0.25, -0.2) is 4.79 Å². The summed E-state index contributed by atoms with van der Waals surface area (Å²) in [7, 11) is 0. The third-order valence-electron chi connectivity index (χ3n) is 1.75. The van der Waals surface area contributed by atoms with Crippen molar-refractivity contribution in [2.24, 2.45) is 5.92 Å². The van der Waals surface area contributed by atoms with Crippen LogP contribution < -0.4 is 0 Å². The maximum absolute atomic E-state index is 11.4. The molecule has 80 valence electrons. The van der Waals surface area contributed by atoms with Gasteiger partial charge < -0.3 is 9.47 Å². The molecule has 1 heterocycles. The van der Waals surface area contributed by atoms with Crippen molar-refractivity contribution in [3.63, 3.8) is 0 Å². The third kappa shape index (κ3) is 2.90. The Kier molecular flexibility index (Phi) is 3.80. The average molecular weight is 218 g/mol. The fourth-order valence-corrected chi connectivity index (χ4v) is 2.20. The predicted molar refractivity (Wildman–Crippen MR) is 53.1 cm³/mol.